The van der Waals surface area contributed by atoms with Gasteiger partial charge in [0.1, 0.15) is 5.54 Å². The minimum Gasteiger partial charge on any atom is -0.480 e. The van der Waals surface area contributed by atoms with E-state index in [1.165, 1.54) is 11.8 Å². The van der Waals surface area contributed by atoms with Crippen molar-refractivity contribution >= 4 is 24.5 Å². The molecule has 0 radical (unpaired) electrons. The lowest BCUT2D eigenvalue weighted by Gasteiger charge is -2.44. The predicted molar refractivity (Wildman–Crippen MR) is 77.6 cm³/mol. The van der Waals surface area contributed by atoms with E-state index < -0.39 is 17.6 Å². The molecule has 1 heterocycles. The first kappa shape index (κ1) is 16.9. The molecule has 3 atom stereocenters. The maximum Gasteiger partial charge on any atom is 0.329 e. The van der Waals surface area contributed by atoms with Crippen LogP contribution in [0, 0.1) is 4.91 Å². The minimum absolute atomic E-state index is 0.205. The van der Waals surface area contributed by atoms with E-state index in [0.29, 0.717) is 13.0 Å². The zero-order valence-corrected chi connectivity index (χ0v) is 12.8. The second kappa shape index (κ2) is 6.53. The van der Waals surface area contributed by atoms with Crippen LogP contribution in [0.3, 0.4) is 0 Å². The van der Waals surface area contributed by atoms with E-state index >= 15 is 0 Å². The molecule has 0 aromatic rings. The number of thiol groups is 1. The maximum absolute atomic E-state index is 11.7. The van der Waals surface area contributed by atoms with Crippen LogP contribution in [0.1, 0.15) is 26.7 Å². The van der Waals surface area contributed by atoms with Crippen molar-refractivity contribution in [3.05, 3.63) is 4.91 Å². The van der Waals surface area contributed by atoms with Crippen molar-refractivity contribution in [1.82, 2.24) is 9.80 Å². The first-order valence-corrected chi connectivity index (χ1v) is 7.03. The SMILES string of the molecule is CCN(C(C)=O)C(C(=O)O)C1(N=O)CCN(C)C(S)C1. The Hall–Kier alpha value is -1.15. The van der Waals surface area contributed by atoms with Crippen LogP contribution in [0.2, 0.25) is 0 Å². The first-order valence-electron chi connectivity index (χ1n) is 6.52. The van der Waals surface area contributed by atoms with Crippen molar-refractivity contribution in [2.75, 3.05) is 20.1 Å². The van der Waals surface area contributed by atoms with Crippen molar-refractivity contribution in [3.63, 3.8) is 0 Å². The molecule has 0 aromatic heterocycles. The van der Waals surface area contributed by atoms with E-state index in [-0.39, 0.29) is 24.2 Å². The standard InChI is InChI=1S/C12H21N3O4S/c1-4-15(8(2)16)10(11(17)18)12(13-19)5-6-14(3)9(20)7-12/h9-10,20H,4-7H2,1-3H3,(H,17,18). The molecule has 20 heavy (non-hydrogen) atoms. The van der Waals surface area contributed by atoms with E-state index in [2.05, 4.69) is 17.8 Å². The Morgan fingerprint density at radius 3 is 2.55 bits per heavy atom. The lowest BCUT2D eigenvalue weighted by atomic mass is 9.80. The summed E-state index contributed by atoms with van der Waals surface area (Å²) < 4.78 is 0. The van der Waals surface area contributed by atoms with Gasteiger partial charge in [0, 0.05) is 26.4 Å². The lowest BCUT2D eigenvalue weighted by Crippen LogP contribution is -2.61. The normalized spacial score (nSPS) is 28.7. The van der Waals surface area contributed by atoms with E-state index in [9.17, 15) is 19.6 Å². The van der Waals surface area contributed by atoms with Crippen molar-refractivity contribution in [1.29, 1.82) is 0 Å². The summed E-state index contributed by atoms with van der Waals surface area (Å²) in [7, 11) is 1.85. The van der Waals surface area contributed by atoms with Crippen LogP contribution in [-0.2, 0) is 9.59 Å². The molecule has 1 rings (SSSR count). The zero-order valence-electron chi connectivity index (χ0n) is 11.9. The second-order valence-electron chi connectivity index (χ2n) is 5.16. The van der Waals surface area contributed by atoms with Gasteiger partial charge in [0.15, 0.2) is 6.04 Å². The Morgan fingerprint density at radius 2 is 2.20 bits per heavy atom. The fourth-order valence-electron chi connectivity index (χ4n) is 2.71. The second-order valence-corrected chi connectivity index (χ2v) is 5.75. The van der Waals surface area contributed by atoms with Gasteiger partial charge in [0.25, 0.3) is 0 Å². The summed E-state index contributed by atoms with van der Waals surface area (Å²) >= 11 is 4.37. The van der Waals surface area contributed by atoms with Crippen molar-refractivity contribution < 1.29 is 14.7 Å². The third-order valence-electron chi connectivity index (χ3n) is 3.92. The van der Waals surface area contributed by atoms with Gasteiger partial charge in [-0.25, -0.2) is 4.79 Å². The molecule has 0 saturated carbocycles. The molecular weight excluding hydrogens is 282 g/mol. The van der Waals surface area contributed by atoms with Crippen molar-refractivity contribution in [3.8, 4) is 0 Å². The molecule has 1 fully saturated rings. The highest BCUT2D eigenvalue weighted by Crippen LogP contribution is 2.36. The molecule has 7 nitrogen and oxygen atoms in total. The Morgan fingerprint density at radius 1 is 1.60 bits per heavy atom. The number of piperidine rings is 1. The number of likely N-dealkylation sites (tertiary alicyclic amines) is 1. The molecule has 3 unspecified atom stereocenters. The van der Waals surface area contributed by atoms with Crippen LogP contribution in [0.15, 0.2) is 5.18 Å². The summed E-state index contributed by atoms with van der Waals surface area (Å²) in [6.45, 7) is 3.71. The topological polar surface area (TPSA) is 90.3 Å². The molecule has 114 valence electrons. The largest absolute Gasteiger partial charge is 0.480 e. The highest BCUT2D eigenvalue weighted by Gasteiger charge is 2.52. The number of carbonyl (C=O) groups excluding carboxylic acids is 1. The van der Waals surface area contributed by atoms with Crippen LogP contribution >= 0.6 is 12.6 Å². The molecule has 1 aliphatic heterocycles. The number of carboxylic acid groups (broad SMARTS) is 1. The molecule has 0 spiro atoms. The molecule has 1 aliphatic rings. The van der Waals surface area contributed by atoms with E-state index in [1.807, 2.05) is 11.9 Å². The smallest absolute Gasteiger partial charge is 0.329 e. The van der Waals surface area contributed by atoms with Gasteiger partial charge in [0.2, 0.25) is 5.91 Å². The average molecular weight is 303 g/mol. The number of nitroso groups, excluding NO2 is 1. The Labute approximate surface area is 123 Å². The zero-order chi connectivity index (χ0) is 15.5. The highest BCUT2D eigenvalue weighted by atomic mass is 32.1. The third-order valence-corrected chi connectivity index (χ3v) is 4.50. The Bertz CT molecular complexity index is 406. The molecule has 0 aliphatic carbocycles. The number of nitrogens with zero attached hydrogens (tertiary/aromatic N) is 3. The summed E-state index contributed by atoms with van der Waals surface area (Å²) in [4.78, 5) is 37.8. The number of hydrogen-bond donors (Lipinski definition) is 2. The fraction of sp³-hybridized carbons (Fsp3) is 0.833. The summed E-state index contributed by atoms with van der Waals surface area (Å²) in [6.07, 6.45) is 0.502. The summed E-state index contributed by atoms with van der Waals surface area (Å²) in [5.74, 6) is -1.58. The molecular formula is C12H21N3O4S. The minimum atomic E-state index is -1.33. The van der Waals surface area contributed by atoms with E-state index in [1.54, 1.807) is 6.92 Å². The van der Waals surface area contributed by atoms with Crippen molar-refractivity contribution in [2.45, 2.75) is 43.6 Å². The average Bonchev–Trinajstić information content (AvgIpc) is 2.38. The molecule has 0 aromatic carbocycles. The van der Waals surface area contributed by atoms with Crippen LogP contribution < -0.4 is 0 Å². The molecule has 8 heteroatoms. The fourth-order valence-corrected chi connectivity index (χ4v) is 3.15. The van der Waals surface area contributed by atoms with Crippen LogP contribution in [0.4, 0.5) is 0 Å². The van der Waals surface area contributed by atoms with Crippen molar-refractivity contribution in [2.24, 2.45) is 5.18 Å². The number of hydrogen-bond acceptors (Lipinski definition) is 6. The summed E-state index contributed by atoms with van der Waals surface area (Å²) in [5.41, 5.74) is -1.33. The van der Waals surface area contributed by atoms with Gasteiger partial charge < -0.3 is 10.0 Å². The van der Waals surface area contributed by atoms with Gasteiger partial charge >= 0.3 is 5.97 Å². The highest BCUT2D eigenvalue weighted by molar-refractivity contribution is 7.80. The van der Waals surface area contributed by atoms with E-state index in [0.717, 1.165) is 0 Å². The quantitative estimate of drug-likeness (QED) is 0.579. The van der Waals surface area contributed by atoms with Crippen LogP contribution in [0.25, 0.3) is 0 Å². The van der Waals surface area contributed by atoms with Gasteiger partial charge in [-0.2, -0.15) is 17.5 Å². The summed E-state index contributed by atoms with van der Waals surface area (Å²) in [5, 5.41) is 12.4. The van der Waals surface area contributed by atoms with Gasteiger partial charge in [-0.05, 0) is 20.4 Å². The first-order chi connectivity index (χ1) is 9.29. The number of amides is 1. The van der Waals surface area contributed by atoms with Gasteiger partial charge in [-0.3, -0.25) is 9.69 Å². The molecule has 0 bridgehead atoms. The predicted octanol–water partition coefficient (Wildman–Crippen LogP) is 0.795. The molecule has 1 amide bonds. The van der Waals surface area contributed by atoms with E-state index in [4.69, 9.17) is 0 Å². The van der Waals surface area contributed by atoms with Crippen LogP contribution in [-0.4, -0.2) is 63.9 Å². The Balaban J connectivity index is 3.19. The third kappa shape index (κ3) is 3.12. The van der Waals surface area contributed by atoms with Gasteiger partial charge in [-0.1, -0.05) is 5.18 Å². The van der Waals surface area contributed by atoms with Gasteiger partial charge in [0.05, 0.1) is 5.37 Å². The Kier molecular flexibility index (Phi) is 5.52. The number of rotatable bonds is 5. The maximum atomic E-state index is 11.7. The molecule has 1 saturated heterocycles. The summed E-state index contributed by atoms with van der Waals surface area (Å²) in [6, 6.07) is -1.24. The van der Waals surface area contributed by atoms with Gasteiger partial charge in [-0.15, -0.1) is 0 Å². The molecule has 1 N–H and O–H groups in total. The number of likely N-dealkylation sites (N-methyl/N-ethyl adjacent to an activating group) is 1. The number of carbonyl (C=O) groups is 2. The lowest BCUT2D eigenvalue weighted by molar-refractivity contribution is -0.153. The number of aliphatic carboxylic acids is 1. The number of carboxylic acids is 1. The monoisotopic (exact) mass is 303 g/mol. The van der Waals surface area contributed by atoms with Crippen LogP contribution in [0.5, 0.6) is 0 Å².